The molecule has 1 unspecified atom stereocenters. The maximum atomic E-state index is 12.9. The number of ether oxygens (including phenoxy) is 3. The molecule has 176 valence electrons. The number of anilines is 1. The van der Waals surface area contributed by atoms with Gasteiger partial charge in [-0.05, 0) is 54.8 Å². The summed E-state index contributed by atoms with van der Waals surface area (Å²) in [7, 11) is 0. The number of hydrogen-bond acceptors (Lipinski definition) is 7. The van der Waals surface area contributed by atoms with E-state index in [1.54, 1.807) is 4.90 Å². The predicted octanol–water partition coefficient (Wildman–Crippen LogP) is 2.63. The minimum absolute atomic E-state index is 0.114. The molecule has 0 N–H and O–H groups in total. The molecule has 0 spiro atoms. The first kappa shape index (κ1) is 21.9. The fourth-order valence-corrected chi connectivity index (χ4v) is 4.58. The van der Waals surface area contributed by atoms with Crippen LogP contribution in [-0.2, 0) is 19.1 Å². The summed E-state index contributed by atoms with van der Waals surface area (Å²) in [5.74, 6) is -0.0579. The lowest BCUT2D eigenvalue weighted by atomic mass is 10.0. The zero-order chi connectivity index (χ0) is 23.7. The average molecular weight is 464 g/mol. The fourth-order valence-electron chi connectivity index (χ4n) is 4.58. The molecule has 2 aromatic carbocycles. The number of amides is 3. The lowest BCUT2D eigenvalue weighted by Crippen LogP contribution is -2.34. The minimum Gasteiger partial charge on any atom is -0.486 e. The molecular formula is C25H24N2O7. The van der Waals surface area contributed by atoms with E-state index in [0.717, 1.165) is 23.3 Å². The Morgan fingerprint density at radius 2 is 1.65 bits per heavy atom. The normalized spacial score (nSPS) is 19.5. The Hall–Kier alpha value is -3.88. The monoisotopic (exact) mass is 464 g/mol. The van der Waals surface area contributed by atoms with E-state index < -0.39 is 5.97 Å². The topological polar surface area (TPSA) is 102 Å². The molecule has 3 aliphatic heterocycles. The molecule has 3 heterocycles. The summed E-state index contributed by atoms with van der Waals surface area (Å²) in [6.07, 6.45) is 2.05. The van der Waals surface area contributed by atoms with E-state index in [1.165, 1.54) is 24.3 Å². The minimum atomic E-state index is -0.644. The van der Waals surface area contributed by atoms with E-state index in [1.807, 2.05) is 18.2 Å². The van der Waals surface area contributed by atoms with E-state index in [-0.39, 0.29) is 48.8 Å². The molecule has 9 nitrogen and oxygen atoms in total. The highest BCUT2D eigenvalue weighted by molar-refractivity contribution is 6.19. The van der Waals surface area contributed by atoms with Crippen molar-refractivity contribution < 1.29 is 33.4 Å². The molecular weight excluding hydrogens is 440 g/mol. The Bertz CT molecular complexity index is 1130. The second-order valence-corrected chi connectivity index (χ2v) is 8.39. The van der Waals surface area contributed by atoms with Gasteiger partial charge in [-0.3, -0.25) is 19.3 Å². The largest absolute Gasteiger partial charge is 0.486 e. The molecule has 0 aromatic heterocycles. The van der Waals surface area contributed by atoms with Gasteiger partial charge < -0.3 is 19.1 Å². The number of rotatable bonds is 5. The summed E-state index contributed by atoms with van der Waals surface area (Å²) in [6, 6.07) is 11.6. The molecule has 3 amide bonds. The van der Waals surface area contributed by atoms with Gasteiger partial charge in [-0.1, -0.05) is 6.07 Å². The first-order chi connectivity index (χ1) is 16.5. The smallest absolute Gasteiger partial charge is 0.338 e. The van der Waals surface area contributed by atoms with Gasteiger partial charge in [0.15, 0.2) is 18.1 Å². The summed E-state index contributed by atoms with van der Waals surface area (Å²) < 4.78 is 16.5. The first-order valence-corrected chi connectivity index (χ1v) is 11.3. The van der Waals surface area contributed by atoms with Crippen molar-refractivity contribution in [3.63, 3.8) is 0 Å². The standard InChI is InChI=1S/C25H24N2O7/c28-22-9-10-23(29)27(22)18-6-3-16(4-7-18)25(31)34-15-24(30)26-11-1-2-19(26)17-5-8-20-21(14-17)33-13-12-32-20/h3-8,14,19H,1-2,9-13,15H2. The van der Waals surface area contributed by atoms with E-state index in [9.17, 15) is 19.2 Å². The number of imide groups is 1. The Morgan fingerprint density at radius 3 is 2.38 bits per heavy atom. The van der Waals surface area contributed by atoms with Gasteiger partial charge in [0.05, 0.1) is 17.3 Å². The number of carbonyl (C=O) groups excluding carboxylic acids is 4. The third kappa shape index (κ3) is 4.21. The molecule has 9 heteroatoms. The summed E-state index contributed by atoms with van der Waals surface area (Å²) >= 11 is 0. The van der Waals surface area contributed by atoms with Crippen molar-refractivity contribution >= 4 is 29.4 Å². The van der Waals surface area contributed by atoms with Crippen LogP contribution in [0.25, 0.3) is 0 Å². The molecule has 2 saturated heterocycles. The van der Waals surface area contributed by atoms with Gasteiger partial charge in [-0.25, -0.2) is 4.79 Å². The highest BCUT2D eigenvalue weighted by atomic mass is 16.6. The van der Waals surface area contributed by atoms with E-state index in [0.29, 0.717) is 36.9 Å². The number of carbonyl (C=O) groups is 4. The van der Waals surface area contributed by atoms with Crippen molar-refractivity contribution in [2.45, 2.75) is 31.7 Å². The Morgan fingerprint density at radius 1 is 0.941 bits per heavy atom. The van der Waals surface area contributed by atoms with E-state index >= 15 is 0 Å². The van der Waals surface area contributed by atoms with Crippen LogP contribution < -0.4 is 14.4 Å². The van der Waals surface area contributed by atoms with Gasteiger partial charge in [0, 0.05) is 19.4 Å². The van der Waals surface area contributed by atoms with Crippen molar-refractivity contribution in [2.75, 3.05) is 31.3 Å². The zero-order valence-electron chi connectivity index (χ0n) is 18.5. The van der Waals surface area contributed by atoms with Gasteiger partial charge >= 0.3 is 5.97 Å². The quantitative estimate of drug-likeness (QED) is 0.495. The molecule has 2 fully saturated rings. The maximum absolute atomic E-state index is 12.9. The van der Waals surface area contributed by atoms with Gasteiger partial charge in [0.1, 0.15) is 13.2 Å². The third-order valence-corrected chi connectivity index (χ3v) is 6.26. The maximum Gasteiger partial charge on any atom is 0.338 e. The Balaban J connectivity index is 1.20. The molecule has 5 rings (SSSR count). The lowest BCUT2D eigenvalue weighted by molar-refractivity contribution is -0.135. The molecule has 34 heavy (non-hydrogen) atoms. The first-order valence-electron chi connectivity index (χ1n) is 11.3. The molecule has 2 aromatic rings. The molecule has 0 saturated carbocycles. The van der Waals surface area contributed by atoms with Crippen molar-refractivity contribution in [3.05, 3.63) is 53.6 Å². The zero-order valence-corrected chi connectivity index (χ0v) is 18.5. The number of likely N-dealkylation sites (tertiary alicyclic amines) is 1. The second-order valence-electron chi connectivity index (χ2n) is 8.39. The highest BCUT2D eigenvalue weighted by Crippen LogP contribution is 2.38. The van der Waals surface area contributed by atoms with Crippen molar-refractivity contribution in [1.82, 2.24) is 4.90 Å². The molecule has 0 radical (unpaired) electrons. The third-order valence-electron chi connectivity index (χ3n) is 6.26. The number of benzene rings is 2. The van der Waals surface area contributed by atoms with Crippen LogP contribution in [0.2, 0.25) is 0 Å². The van der Waals surface area contributed by atoms with Crippen LogP contribution in [0.1, 0.15) is 47.6 Å². The number of hydrogen-bond donors (Lipinski definition) is 0. The van der Waals surface area contributed by atoms with E-state index in [2.05, 4.69) is 0 Å². The van der Waals surface area contributed by atoms with Crippen LogP contribution in [-0.4, -0.2) is 55.0 Å². The molecule has 0 bridgehead atoms. The second kappa shape index (κ2) is 9.17. The van der Waals surface area contributed by atoms with Crippen molar-refractivity contribution in [2.24, 2.45) is 0 Å². The van der Waals surface area contributed by atoms with Gasteiger partial charge in [-0.2, -0.15) is 0 Å². The van der Waals surface area contributed by atoms with Crippen LogP contribution in [0, 0.1) is 0 Å². The van der Waals surface area contributed by atoms with Crippen LogP contribution in [0.15, 0.2) is 42.5 Å². The summed E-state index contributed by atoms with van der Waals surface area (Å²) in [6.45, 7) is 1.22. The van der Waals surface area contributed by atoms with E-state index in [4.69, 9.17) is 14.2 Å². The van der Waals surface area contributed by atoms with Gasteiger partial charge in [-0.15, -0.1) is 0 Å². The highest BCUT2D eigenvalue weighted by Gasteiger charge is 2.32. The summed E-state index contributed by atoms with van der Waals surface area (Å²) in [5, 5.41) is 0. The van der Waals surface area contributed by atoms with Crippen molar-refractivity contribution in [3.8, 4) is 11.5 Å². The van der Waals surface area contributed by atoms with Crippen molar-refractivity contribution in [1.29, 1.82) is 0 Å². The SMILES string of the molecule is O=C(OCC(=O)N1CCCC1c1ccc2c(c1)OCCO2)c1ccc(N2C(=O)CCC2=O)cc1. The molecule has 0 aliphatic carbocycles. The van der Waals surface area contributed by atoms with Crippen LogP contribution in [0.3, 0.4) is 0 Å². The number of nitrogens with zero attached hydrogens (tertiary/aromatic N) is 2. The van der Waals surface area contributed by atoms with Crippen LogP contribution in [0.5, 0.6) is 11.5 Å². The Kier molecular flexibility index (Phi) is 5.91. The Labute approximate surface area is 196 Å². The van der Waals surface area contributed by atoms with Gasteiger partial charge in [0.2, 0.25) is 11.8 Å². The van der Waals surface area contributed by atoms with Crippen LogP contribution in [0.4, 0.5) is 5.69 Å². The fraction of sp³-hybridized carbons (Fsp3) is 0.360. The average Bonchev–Trinajstić information content (AvgIpc) is 3.48. The number of esters is 1. The lowest BCUT2D eigenvalue weighted by Gasteiger charge is -2.26. The number of fused-ring (bicyclic) bond motifs is 1. The van der Waals surface area contributed by atoms with Crippen LogP contribution >= 0.6 is 0 Å². The molecule has 1 atom stereocenters. The predicted molar refractivity (Wildman–Crippen MR) is 120 cm³/mol. The summed E-state index contributed by atoms with van der Waals surface area (Å²) in [5.41, 5.74) is 1.61. The van der Waals surface area contributed by atoms with Gasteiger partial charge in [0.25, 0.3) is 5.91 Å². The molecule has 3 aliphatic rings. The summed E-state index contributed by atoms with van der Waals surface area (Å²) in [4.78, 5) is 51.9.